The summed E-state index contributed by atoms with van der Waals surface area (Å²) in [6, 6.07) is 0.884. The molecule has 0 radical (unpaired) electrons. The van der Waals surface area contributed by atoms with Crippen LogP contribution in [0.1, 0.15) is 46.5 Å². The fourth-order valence-electron chi connectivity index (χ4n) is 2.17. The van der Waals surface area contributed by atoms with Crippen LogP contribution in [-0.2, 0) is 4.74 Å². The molecule has 0 aromatic heterocycles. The molecule has 3 nitrogen and oxygen atoms in total. The van der Waals surface area contributed by atoms with E-state index < -0.39 is 0 Å². The molecule has 0 atom stereocenters. The van der Waals surface area contributed by atoms with Crippen molar-refractivity contribution < 1.29 is 4.74 Å². The molecule has 0 aliphatic heterocycles. The maximum atomic E-state index is 5.53. The van der Waals surface area contributed by atoms with Gasteiger partial charge in [-0.1, -0.05) is 27.2 Å². The van der Waals surface area contributed by atoms with E-state index in [0.29, 0.717) is 0 Å². The summed E-state index contributed by atoms with van der Waals surface area (Å²) in [7, 11) is 0. The zero-order valence-electron chi connectivity index (χ0n) is 12.6. The van der Waals surface area contributed by atoms with Crippen molar-refractivity contribution >= 4 is 0 Å². The third kappa shape index (κ3) is 8.06. The van der Waals surface area contributed by atoms with E-state index in [4.69, 9.17) is 4.74 Å². The molecule has 1 fully saturated rings. The van der Waals surface area contributed by atoms with E-state index in [2.05, 4.69) is 31.0 Å². The Hall–Kier alpha value is -0.120. The Kier molecular flexibility index (Phi) is 8.64. The first-order valence-corrected chi connectivity index (χ1v) is 7.76. The van der Waals surface area contributed by atoms with Gasteiger partial charge in [0.15, 0.2) is 0 Å². The number of nitrogens with one attached hydrogen (secondary N) is 1. The van der Waals surface area contributed by atoms with Crippen LogP contribution in [0.15, 0.2) is 0 Å². The van der Waals surface area contributed by atoms with Gasteiger partial charge >= 0.3 is 0 Å². The van der Waals surface area contributed by atoms with Gasteiger partial charge in [0.25, 0.3) is 0 Å². The normalized spacial score (nSPS) is 15.8. The van der Waals surface area contributed by atoms with Gasteiger partial charge in [0, 0.05) is 38.8 Å². The Bertz CT molecular complexity index is 193. The average Bonchev–Trinajstić information content (AvgIpc) is 3.14. The monoisotopic (exact) mass is 256 g/mol. The number of hydrogen-bond acceptors (Lipinski definition) is 3. The smallest absolute Gasteiger partial charge is 0.0590 e. The first-order valence-electron chi connectivity index (χ1n) is 7.76. The molecule has 1 rings (SSSR count). The lowest BCUT2D eigenvalue weighted by molar-refractivity contribution is 0.132. The molecule has 3 heteroatoms. The molecule has 0 heterocycles. The van der Waals surface area contributed by atoms with Crippen LogP contribution in [-0.4, -0.2) is 50.3 Å². The minimum Gasteiger partial charge on any atom is -0.380 e. The maximum Gasteiger partial charge on any atom is 0.0590 e. The van der Waals surface area contributed by atoms with Gasteiger partial charge in [0.05, 0.1) is 6.61 Å². The molecule has 0 spiro atoms. The highest BCUT2D eigenvalue weighted by molar-refractivity contribution is 4.85. The van der Waals surface area contributed by atoms with Crippen molar-refractivity contribution in [3.8, 4) is 0 Å². The first-order chi connectivity index (χ1) is 8.74. The van der Waals surface area contributed by atoms with Crippen molar-refractivity contribution in [3.63, 3.8) is 0 Å². The first kappa shape index (κ1) is 15.9. The van der Waals surface area contributed by atoms with Gasteiger partial charge in [-0.25, -0.2) is 0 Å². The van der Waals surface area contributed by atoms with E-state index in [1.165, 1.54) is 38.8 Å². The molecule has 1 N–H and O–H groups in total. The second-order valence-electron chi connectivity index (χ2n) is 5.84. The summed E-state index contributed by atoms with van der Waals surface area (Å²) >= 11 is 0. The van der Waals surface area contributed by atoms with Crippen LogP contribution in [0, 0.1) is 5.92 Å². The van der Waals surface area contributed by atoms with Gasteiger partial charge in [0.1, 0.15) is 0 Å². The van der Waals surface area contributed by atoms with E-state index in [1.54, 1.807) is 0 Å². The summed E-state index contributed by atoms with van der Waals surface area (Å²) in [5.41, 5.74) is 0. The van der Waals surface area contributed by atoms with Crippen molar-refractivity contribution in [2.75, 3.05) is 39.4 Å². The van der Waals surface area contributed by atoms with E-state index in [0.717, 1.165) is 38.3 Å². The molecule has 0 bridgehead atoms. The minimum atomic E-state index is 0.781. The van der Waals surface area contributed by atoms with Crippen molar-refractivity contribution in [2.45, 2.75) is 52.5 Å². The fraction of sp³-hybridized carbons (Fsp3) is 1.00. The lowest BCUT2D eigenvalue weighted by atomic mass is 10.2. The summed E-state index contributed by atoms with van der Waals surface area (Å²) in [4.78, 5) is 2.65. The van der Waals surface area contributed by atoms with Crippen LogP contribution in [0.25, 0.3) is 0 Å². The summed E-state index contributed by atoms with van der Waals surface area (Å²) in [6.07, 6.45) is 5.22. The standard InChI is InChI=1S/C15H32N2O/c1-4-5-11-18-12-9-16-8-10-17(13-14(2)3)15-6-7-15/h14-16H,4-13H2,1-3H3. The molecular weight excluding hydrogens is 224 g/mol. The number of rotatable bonds is 12. The van der Waals surface area contributed by atoms with Crippen molar-refractivity contribution in [2.24, 2.45) is 5.92 Å². The third-order valence-corrected chi connectivity index (χ3v) is 3.30. The number of ether oxygens (including phenoxy) is 1. The van der Waals surface area contributed by atoms with Crippen molar-refractivity contribution in [1.82, 2.24) is 10.2 Å². The minimum absolute atomic E-state index is 0.781. The van der Waals surface area contributed by atoms with Gasteiger partial charge in [-0.05, 0) is 25.2 Å². The maximum absolute atomic E-state index is 5.53. The van der Waals surface area contributed by atoms with E-state index in [9.17, 15) is 0 Å². The molecule has 108 valence electrons. The Balaban J connectivity index is 1.91. The number of hydrogen-bond donors (Lipinski definition) is 1. The Morgan fingerprint density at radius 3 is 2.61 bits per heavy atom. The average molecular weight is 256 g/mol. The zero-order valence-corrected chi connectivity index (χ0v) is 12.6. The van der Waals surface area contributed by atoms with Crippen molar-refractivity contribution in [3.05, 3.63) is 0 Å². The third-order valence-electron chi connectivity index (χ3n) is 3.30. The van der Waals surface area contributed by atoms with Gasteiger partial charge in [0.2, 0.25) is 0 Å². The second kappa shape index (κ2) is 9.76. The zero-order chi connectivity index (χ0) is 13.2. The predicted octanol–water partition coefficient (Wildman–Crippen LogP) is 2.51. The van der Waals surface area contributed by atoms with Gasteiger partial charge in [-0.3, -0.25) is 4.90 Å². The summed E-state index contributed by atoms with van der Waals surface area (Å²) in [5, 5.41) is 3.48. The lowest BCUT2D eigenvalue weighted by Crippen LogP contribution is -2.37. The highest BCUT2D eigenvalue weighted by atomic mass is 16.5. The molecule has 0 amide bonds. The molecular formula is C15H32N2O. The van der Waals surface area contributed by atoms with Crippen LogP contribution >= 0.6 is 0 Å². The summed E-state index contributed by atoms with van der Waals surface area (Å²) in [6.45, 7) is 13.1. The van der Waals surface area contributed by atoms with Crippen LogP contribution in [0.5, 0.6) is 0 Å². The largest absolute Gasteiger partial charge is 0.380 e. The van der Waals surface area contributed by atoms with Crippen LogP contribution in [0.4, 0.5) is 0 Å². The highest BCUT2D eigenvalue weighted by Crippen LogP contribution is 2.26. The fourth-order valence-corrected chi connectivity index (χ4v) is 2.17. The number of nitrogens with zero attached hydrogens (tertiary/aromatic N) is 1. The van der Waals surface area contributed by atoms with E-state index >= 15 is 0 Å². The molecule has 0 aromatic carbocycles. The van der Waals surface area contributed by atoms with Gasteiger partial charge in [-0.15, -0.1) is 0 Å². The van der Waals surface area contributed by atoms with Crippen LogP contribution < -0.4 is 5.32 Å². The van der Waals surface area contributed by atoms with Crippen LogP contribution in [0.2, 0.25) is 0 Å². The molecule has 1 aliphatic carbocycles. The Morgan fingerprint density at radius 1 is 1.22 bits per heavy atom. The highest BCUT2D eigenvalue weighted by Gasteiger charge is 2.28. The summed E-state index contributed by atoms with van der Waals surface area (Å²) in [5.74, 6) is 0.781. The predicted molar refractivity (Wildman–Crippen MR) is 78.0 cm³/mol. The van der Waals surface area contributed by atoms with Crippen molar-refractivity contribution in [1.29, 1.82) is 0 Å². The molecule has 1 aliphatic rings. The quantitative estimate of drug-likeness (QED) is 0.543. The van der Waals surface area contributed by atoms with Gasteiger partial charge in [-0.2, -0.15) is 0 Å². The molecule has 18 heavy (non-hydrogen) atoms. The molecule has 0 aromatic rings. The Labute approximate surface area is 113 Å². The van der Waals surface area contributed by atoms with Crippen LogP contribution in [0.3, 0.4) is 0 Å². The van der Waals surface area contributed by atoms with Gasteiger partial charge < -0.3 is 10.1 Å². The lowest BCUT2D eigenvalue weighted by Gasteiger charge is -2.24. The SMILES string of the molecule is CCCCOCCNCCN(CC(C)C)C1CC1. The molecule has 0 saturated heterocycles. The summed E-state index contributed by atoms with van der Waals surface area (Å²) < 4.78 is 5.53. The van der Waals surface area contributed by atoms with E-state index in [1.807, 2.05) is 0 Å². The second-order valence-corrected chi connectivity index (χ2v) is 5.84. The number of unbranched alkanes of at least 4 members (excludes halogenated alkanes) is 1. The molecule has 1 saturated carbocycles. The molecule has 0 unspecified atom stereocenters. The van der Waals surface area contributed by atoms with E-state index in [-0.39, 0.29) is 0 Å². The topological polar surface area (TPSA) is 24.5 Å². The Morgan fingerprint density at radius 2 is 2.00 bits per heavy atom.